The predicted octanol–water partition coefficient (Wildman–Crippen LogP) is 2.66. The standard InChI is InChI=1S/C18H21N5/c1-14(15-7-5-6-10-20-15)21-13-18-22-16-8-3-4-9-17(16)23(18)12-11-19-2/h3-10,19H,11-13H2,1-2H3. The summed E-state index contributed by atoms with van der Waals surface area (Å²) in [4.78, 5) is 13.8. The highest BCUT2D eigenvalue weighted by molar-refractivity contribution is 5.96. The van der Waals surface area contributed by atoms with Crippen molar-refractivity contribution in [3.05, 3.63) is 60.2 Å². The smallest absolute Gasteiger partial charge is 0.131 e. The summed E-state index contributed by atoms with van der Waals surface area (Å²) in [6, 6.07) is 14.1. The van der Waals surface area contributed by atoms with Crippen LogP contribution in [0.1, 0.15) is 18.4 Å². The van der Waals surface area contributed by atoms with Gasteiger partial charge in [0, 0.05) is 19.3 Å². The van der Waals surface area contributed by atoms with Gasteiger partial charge in [0.25, 0.3) is 0 Å². The molecular weight excluding hydrogens is 286 g/mol. The number of pyridine rings is 1. The van der Waals surface area contributed by atoms with Gasteiger partial charge in [-0.3, -0.25) is 9.98 Å². The van der Waals surface area contributed by atoms with E-state index in [0.29, 0.717) is 6.54 Å². The molecule has 1 aromatic carbocycles. The third kappa shape index (κ3) is 3.46. The maximum atomic E-state index is 4.74. The molecule has 2 heterocycles. The summed E-state index contributed by atoms with van der Waals surface area (Å²) < 4.78 is 2.24. The number of hydrogen-bond acceptors (Lipinski definition) is 4. The van der Waals surface area contributed by atoms with E-state index < -0.39 is 0 Å². The van der Waals surface area contributed by atoms with Crippen LogP contribution in [0.4, 0.5) is 0 Å². The first-order chi connectivity index (χ1) is 11.3. The van der Waals surface area contributed by atoms with Crippen LogP contribution in [-0.4, -0.2) is 33.8 Å². The lowest BCUT2D eigenvalue weighted by Crippen LogP contribution is -2.16. The second-order valence-electron chi connectivity index (χ2n) is 5.39. The third-order valence-electron chi connectivity index (χ3n) is 3.81. The van der Waals surface area contributed by atoms with Crippen molar-refractivity contribution in [2.45, 2.75) is 20.0 Å². The monoisotopic (exact) mass is 307 g/mol. The molecule has 0 aliphatic rings. The van der Waals surface area contributed by atoms with Gasteiger partial charge < -0.3 is 9.88 Å². The molecule has 0 bridgehead atoms. The summed E-state index contributed by atoms with van der Waals surface area (Å²) in [5.74, 6) is 0.983. The molecular formula is C18H21N5. The lowest BCUT2D eigenvalue weighted by molar-refractivity contribution is 0.629. The van der Waals surface area contributed by atoms with E-state index in [9.17, 15) is 0 Å². The van der Waals surface area contributed by atoms with Crippen molar-refractivity contribution in [2.24, 2.45) is 4.99 Å². The first-order valence-corrected chi connectivity index (χ1v) is 7.81. The summed E-state index contributed by atoms with van der Waals surface area (Å²) in [5, 5.41) is 3.19. The van der Waals surface area contributed by atoms with Gasteiger partial charge >= 0.3 is 0 Å². The molecule has 1 N–H and O–H groups in total. The quantitative estimate of drug-likeness (QED) is 0.712. The van der Waals surface area contributed by atoms with Gasteiger partial charge in [-0.25, -0.2) is 4.98 Å². The normalized spacial score (nSPS) is 12.0. The van der Waals surface area contributed by atoms with Crippen molar-refractivity contribution in [3.63, 3.8) is 0 Å². The molecule has 5 nitrogen and oxygen atoms in total. The van der Waals surface area contributed by atoms with E-state index >= 15 is 0 Å². The van der Waals surface area contributed by atoms with Crippen molar-refractivity contribution in [2.75, 3.05) is 13.6 Å². The summed E-state index contributed by atoms with van der Waals surface area (Å²) >= 11 is 0. The lowest BCUT2D eigenvalue weighted by Gasteiger charge is -2.08. The molecule has 0 atom stereocenters. The van der Waals surface area contributed by atoms with Crippen molar-refractivity contribution in [3.8, 4) is 0 Å². The highest BCUT2D eigenvalue weighted by Crippen LogP contribution is 2.16. The zero-order chi connectivity index (χ0) is 16.1. The summed E-state index contributed by atoms with van der Waals surface area (Å²) in [5.41, 5.74) is 4.01. The van der Waals surface area contributed by atoms with E-state index in [0.717, 1.165) is 41.4 Å². The molecule has 0 saturated heterocycles. The highest BCUT2D eigenvalue weighted by atomic mass is 15.1. The van der Waals surface area contributed by atoms with Gasteiger partial charge in [-0.05, 0) is 38.2 Å². The average Bonchev–Trinajstić information content (AvgIpc) is 2.96. The summed E-state index contributed by atoms with van der Waals surface area (Å²) in [6.07, 6.45) is 1.79. The topological polar surface area (TPSA) is 55.1 Å². The summed E-state index contributed by atoms with van der Waals surface area (Å²) in [6.45, 7) is 4.32. The number of aromatic nitrogens is 3. The Morgan fingerprint density at radius 1 is 1.17 bits per heavy atom. The average molecular weight is 307 g/mol. The maximum Gasteiger partial charge on any atom is 0.131 e. The SMILES string of the molecule is CNCCn1c(CN=C(C)c2ccccn2)nc2ccccc21. The Bertz CT molecular complexity index is 805. The van der Waals surface area contributed by atoms with Crippen molar-refractivity contribution < 1.29 is 0 Å². The second kappa shape index (κ2) is 7.15. The van der Waals surface area contributed by atoms with Crippen LogP contribution in [0, 0.1) is 0 Å². The first kappa shape index (κ1) is 15.4. The number of imidazole rings is 1. The van der Waals surface area contributed by atoms with Crippen molar-refractivity contribution in [1.29, 1.82) is 0 Å². The molecule has 0 aliphatic carbocycles. The number of fused-ring (bicyclic) bond motifs is 1. The highest BCUT2D eigenvalue weighted by Gasteiger charge is 2.09. The molecule has 0 unspecified atom stereocenters. The molecule has 0 radical (unpaired) electrons. The largest absolute Gasteiger partial charge is 0.325 e. The number of rotatable bonds is 6. The van der Waals surface area contributed by atoms with Gasteiger partial charge in [-0.1, -0.05) is 18.2 Å². The molecule has 23 heavy (non-hydrogen) atoms. The van der Waals surface area contributed by atoms with Gasteiger partial charge in [-0.15, -0.1) is 0 Å². The predicted molar refractivity (Wildman–Crippen MR) is 93.8 cm³/mol. The molecule has 5 heteroatoms. The molecule has 0 amide bonds. The van der Waals surface area contributed by atoms with Crippen LogP contribution in [-0.2, 0) is 13.1 Å². The van der Waals surface area contributed by atoms with Crippen molar-refractivity contribution >= 4 is 16.7 Å². The van der Waals surface area contributed by atoms with E-state index in [-0.39, 0.29) is 0 Å². The van der Waals surface area contributed by atoms with Crippen LogP contribution in [0.5, 0.6) is 0 Å². The molecule has 3 aromatic rings. The maximum absolute atomic E-state index is 4.74. The lowest BCUT2D eigenvalue weighted by atomic mass is 10.2. The van der Waals surface area contributed by atoms with Gasteiger partial charge in [-0.2, -0.15) is 0 Å². The Balaban J connectivity index is 1.90. The molecule has 0 fully saturated rings. The van der Waals surface area contributed by atoms with Crippen LogP contribution in [0.3, 0.4) is 0 Å². The molecule has 118 valence electrons. The number of likely N-dealkylation sites (N-methyl/N-ethyl adjacent to an activating group) is 1. The van der Waals surface area contributed by atoms with Crippen LogP contribution in [0.25, 0.3) is 11.0 Å². The second-order valence-corrected chi connectivity index (χ2v) is 5.39. The Morgan fingerprint density at radius 3 is 2.78 bits per heavy atom. The van der Waals surface area contributed by atoms with Crippen LogP contribution in [0.15, 0.2) is 53.7 Å². The van der Waals surface area contributed by atoms with Gasteiger partial charge in [0.15, 0.2) is 0 Å². The molecule has 0 aliphatic heterocycles. The first-order valence-electron chi connectivity index (χ1n) is 7.81. The van der Waals surface area contributed by atoms with E-state index in [4.69, 9.17) is 4.98 Å². The Kier molecular flexibility index (Phi) is 4.78. The number of para-hydroxylation sites is 2. The van der Waals surface area contributed by atoms with Crippen LogP contribution < -0.4 is 5.32 Å². The van der Waals surface area contributed by atoms with Gasteiger partial charge in [0.1, 0.15) is 5.82 Å². The molecule has 0 spiro atoms. The van der Waals surface area contributed by atoms with Crippen LogP contribution in [0.2, 0.25) is 0 Å². The third-order valence-corrected chi connectivity index (χ3v) is 3.81. The van der Waals surface area contributed by atoms with Gasteiger partial charge in [0.05, 0.1) is 29.0 Å². The van der Waals surface area contributed by atoms with Crippen molar-refractivity contribution in [1.82, 2.24) is 19.9 Å². The fourth-order valence-electron chi connectivity index (χ4n) is 2.57. The minimum Gasteiger partial charge on any atom is -0.325 e. The number of nitrogens with zero attached hydrogens (tertiary/aromatic N) is 4. The molecule has 0 saturated carbocycles. The van der Waals surface area contributed by atoms with Crippen LogP contribution >= 0.6 is 0 Å². The van der Waals surface area contributed by atoms with E-state index in [1.54, 1.807) is 6.20 Å². The summed E-state index contributed by atoms with van der Waals surface area (Å²) in [7, 11) is 1.96. The van der Waals surface area contributed by atoms with E-state index in [2.05, 4.69) is 25.9 Å². The minimum absolute atomic E-state index is 0.556. The Morgan fingerprint density at radius 2 is 2.00 bits per heavy atom. The fourth-order valence-corrected chi connectivity index (χ4v) is 2.57. The molecule has 3 rings (SSSR count). The minimum atomic E-state index is 0.556. The Hall–Kier alpha value is -2.53. The van der Waals surface area contributed by atoms with Gasteiger partial charge in [0.2, 0.25) is 0 Å². The fraction of sp³-hybridized carbons (Fsp3) is 0.278. The number of hydrogen-bond donors (Lipinski definition) is 1. The zero-order valence-corrected chi connectivity index (χ0v) is 13.5. The molecule has 2 aromatic heterocycles. The number of benzene rings is 1. The van der Waals surface area contributed by atoms with E-state index in [1.807, 2.05) is 50.4 Å². The number of aliphatic imine (C=N–C) groups is 1. The van der Waals surface area contributed by atoms with E-state index in [1.165, 1.54) is 0 Å². The number of nitrogens with one attached hydrogen (secondary N) is 1. The zero-order valence-electron chi connectivity index (χ0n) is 13.5. The Labute approximate surface area is 136 Å².